The van der Waals surface area contributed by atoms with Crippen LogP contribution in [0.2, 0.25) is 0 Å². The fraction of sp³-hybridized carbons (Fsp3) is 0.0833. The maximum atomic E-state index is 14.6. The Balaban J connectivity index is 0.976. The second-order valence-electron chi connectivity index (χ2n) is 21.7. The molecule has 90 heavy (non-hydrogen) atoms. The fourth-order valence-electron chi connectivity index (χ4n) is 11.4. The highest BCUT2D eigenvalue weighted by Crippen LogP contribution is 2.43. The maximum Gasteiger partial charge on any atom is 0.282 e. The average molecular weight is 1270 g/mol. The minimum atomic E-state index is -4.17. The first kappa shape index (κ1) is 59.0. The summed E-state index contributed by atoms with van der Waals surface area (Å²) in [6.45, 7) is 0. The predicted molar refractivity (Wildman–Crippen MR) is 335 cm³/mol. The summed E-state index contributed by atoms with van der Waals surface area (Å²) in [6.07, 6.45) is -1.16. The van der Waals surface area contributed by atoms with E-state index in [1.807, 2.05) is 72.8 Å². The first-order valence-corrected chi connectivity index (χ1v) is 34.4. The first-order chi connectivity index (χ1) is 43.3. The topological polar surface area (TPSA) is 214 Å². The first-order valence-electron chi connectivity index (χ1n) is 28.5. The van der Waals surface area contributed by atoms with Gasteiger partial charge in [0.15, 0.2) is 0 Å². The molecule has 0 saturated heterocycles. The van der Waals surface area contributed by atoms with Crippen molar-refractivity contribution in [2.24, 2.45) is 0 Å². The third-order valence-corrected chi connectivity index (χ3v) is 23.2. The van der Waals surface area contributed by atoms with Gasteiger partial charge in [0.25, 0.3) is 5.79 Å². The number of ether oxygens (including phenoxy) is 4. The van der Waals surface area contributed by atoms with Crippen molar-refractivity contribution in [3.05, 3.63) is 311 Å². The van der Waals surface area contributed by atoms with Gasteiger partial charge in [0.2, 0.25) is 39.3 Å². The van der Waals surface area contributed by atoms with Crippen molar-refractivity contribution < 1.29 is 62.8 Å². The second-order valence-corrected chi connectivity index (χ2v) is 29.5. The summed E-state index contributed by atoms with van der Waals surface area (Å²) in [5.74, 6) is -0.981. The molecule has 2 N–H and O–H groups in total. The molecular weight excluding hydrogens is 1220 g/mol. The van der Waals surface area contributed by atoms with E-state index in [4.69, 9.17) is 18.9 Å². The van der Waals surface area contributed by atoms with Crippen molar-refractivity contribution in [2.75, 3.05) is 0 Å². The standard InChI is InChI=1S/C72H54O14S4/c73-53-19-35-61(36-20-53)87(75,76)59-31-15-50(16-32-59)70-67-10-4-1-7-48(67)13-14-49-8-3-6-12-69(49)72(85-57-27-43-65(44-28-57)89(79,80)63-39-23-55(83-70)24-40-63)47-52-9-2-5-11-68(52)71(51-17-33-60(34-18-51)88(77,78)62-37-21-54(74)22-38-62)84-56-25-41-64(42-26-56)90(81,82)66-45-29-58(86-72)30-46-66/h1-12,15-46,70-71,73-74H,13-14,47H2. The van der Waals surface area contributed by atoms with Gasteiger partial charge >= 0.3 is 0 Å². The van der Waals surface area contributed by atoms with E-state index in [1.54, 1.807) is 72.8 Å². The van der Waals surface area contributed by atoms with Crippen molar-refractivity contribution in [1.29, 1.82) is 0 Å². The van der Waals surface area contributed by atoms with Crippen LogP contribution in [0.4, 0.5) is 0 Å². The van der Waals surface area contributed by atoms with Crippen molar-refractivity contribution in [1.82, 2.24) is 0 Å². The van der Waals surface area contributed by atoms with Crippen LogP contribution in [0.15, 0.2) is 306 Å². The SMILES string of the molecule is O=S1(=O)c2ccc(cc2)OC(c2ccc(S(=O)(=O)c3ccc(O)cc3)cc2)c2ccccc2CCc2ccccc2C2(Cc3ccccc3C(c3ccc(S(=O)(=O)c4ccc(O)cc4)cc3)Oc3ccc(cc3)S(=O)(=O)c3ccc(cc3)O2)Oc2ccc1cc2. The van der Waals surface area contributed by atoms with E-state index in [1.165, 1.54) is 121 Å². The number of aryl methyl sites for hydroxylation is 2. The quantitative estimate of drug-likeness (QED) is 0.158. The van der Waals surface area contributed by atoms with Crippen LogP contribution in [0, 0.1) is 0 Å². The summed E-state index contributed by atoms with van der Waals surface area (Å²) in [7, 11) is -16.3. The van der Waals surface area contributed by atoms with Gasteiger partial charge in [0, 0.05) is 16.7 Å². The molecule has 0 saturated carbocycles. The Hall–Kier alpha value is -9.98. The van der Waals surface area contributed by atoms with Crippen molar-refractivity contribution in [3.8, 4) is 34.5 Å². The largest absolute Gasteiger partial charge is 0.508 e. The number of hydrogen-bond donors (Lipinski definition) is 2. The fourth-order valence-corrected chi connectivity index (χ4v) is 16.4. The predicted octanol–water partition coefficient (Wildman–Crippen LogP) is 13.7. The molecule has 0 aromatic heterocycles. The minimum Gasteiger partial charge on any atom is -0.508 e. The molecule has 8 bridgehead atoms. The summed E-state index contributed by atoms with van der Waals surface area (Å²) >= 11 is 0. The molecule has 450 valence electrons. The molecule has 3 atom stereocenters. The summed E-state index contributed by atoms with van der Waals surface area (Å²) < 4.78 is 142. The highest BCUT2D eigenvalue weighted by atomic mass is 32.2. The highest BCUT2D eigenvalue weighted by Gasteiger charge is 2.42. The van der Waals surface area contributed by atoms with E-state index in [0.29, 0.717) is 52.2 Å². The Bertz CT molecular complexity index is 4950. The molecule has 0 fully saturated rings. The third-order valence-electron chi connectivity index (χ3n) is 16.1. The summed E-state index contributed by atoms with van der Waals surface area (Å²) in [5, 5.41) is 19.8. The van der Waals surface area contributed by atoms with Crippen molar-refractivity contribution in [2.45, 2.75) is 76.4 Å². The van der Waals surface area contributed by atoms with E-state index >= 15 is 0 Å². The molecule has 17 rings (SSSR count). The summed E-state index contributed by atoms with van der Waals surface area (Å²) in [5.41, 5.74) is 5.28. The molecule has 0 aliphatic carbocycles. The second kappa shape index (κ2) is 23.5. The molecule has 18 heteroatoms. The number of benzene rings is 11. The van der Waals surface area contributed by atoms with Gasteiger partial charge < -0.3 is 29.2 Å². The molecule has 14 nitrogen and oxygen atoms in total. The van der Waals surface area contributed by atoms with Crippen LogP contribution in [0.3, 0.4) is 0 Å². The molecule has 6 aliphatic heterocycles. The third kappa shape index (κ3) is 11.5. The molecule has 6 aliphatic rings. The lowest BCUT2D eigenvalue weighted by Gasteiger charge is -2.38. The zero-order chi connectivity index (χ0) is 62.4. The Morgan fingerprint density at radius 2 is 0.656 bits per heavy atom. The molecule has 3 unspecified atom stereocenters. The van der Waals surface area contributed by atoms with Crippen LogP contribution in [0.5, 0.6) is 34.5 Å². The molecular formula is C72H54O14S4. The highest BCUT2D eigenvalue weighted by molar-refractivity contribution is 7.92. The van der Waals surface area contributed by atoms with Gasteiger partial charge in [0.05, 0.1) is 45.6 Å². The van der Waals surface area contributed by atoms with Crippen LogP contribution >= 0.6 is 0 Å². The number of aromatic hydroxyl groups is 2. The van der Waals surface area contributed by atoms with E-state index in [0.717, 1.165) is 16.7 Å². The zero-order valence-corrected chi connectivity index (χ0v) is 50.9. The molecule has 1 spiro atoms. The van der Waals surface area contributed by atoms with E-state index in [2.05, 4.69) is 0 Å². The Morgan fingerprint density at radius 3 is 1.06 bits per heavy atom. The van der Waals surface area contributed by atoms with Crippen LogP contribution < -0.4 is 18.9 Å². The zero-order valence-electron chi connectivity index (χ0n) is 47.6. The van der Waals surface area contributed by atoms with Gasteiger partial charge in [-0.1, -0.05) is 97.1 Å². The normalized spacial score (nSPS) is 17.8. The lowest BCUT2D eigenvalue weighted by Crippen LogP contribution is -2.43. The van der Waals surface area contributed by atoms with Crippen molar-refractivity contribution in [3.63, 3.8) is 0 Å². The molecule has 0 radical (unpaired) electrons. The number of phenols is 2. The Morgan fingerprint density at radius 1 is 0.344 bits per heavy atom. The van der Waals surface area contributed by atoms with Crippen LogP contribution in [-0.2, 0) is 64.4 Å². The van der Waals surface area contributed by atoms with Gasteiger partial charge in [-0.05, 0) is 211 Å². The van der Waals surface area contributed by atoms with Gasteiger partial charge in [-0.25, -0.2) is 33.7 Å². The number of fused-ring (bicyclic) bond motifs is 4. The number of sulfone groups is 4. The van der Waals surface area contributed by atoms with E-state index in [9.17, 15) is 43.9 Å². The van der Waals surface area contributed by atoms with Crippen LogP contribution in [0.25, 0.3) is 0 Å². The summed E-state index contributed by atoms with van der Waals surface area (Å²) in [4.78, 5) is -0.0862. The van der Waals surface area contributed by atoms with E-state index < -0.39 is 57.3 Å². The van der Waals surface area contributed by atoms with Crippen molar-refractivity contribution >= 4 is 39.3 Å². The number of hydrogen-bond acceptors (Lipinski definition) is 14. The van der Waals surface area contributed by atoms with Gasteiger partial charge in [-0.2, -0.15) is 0 Å². The van der Waals surface area contributed by atoms with Crippen LogP contribution in [0.1, 0.15) is 56.7 Å². The van der Waals surface area contributed by atoms with E-state index in [-0.39, 0.29) is 68.6 Å². The van der Waals surface area contributed by atoms with Gasteiger partial charge in [0.1, 0.15) is 46.7 Å². The number of rotatable bonds is 6. The smallest absolute Gasteiger partial charge is 0.282 e. The summed E-state index contributed by atoms with van der Waals surface area (Å²) in [6, 6.07) is 70.2. The lowest BCUT2D eigenvalue weighted by atomic mass is 9.86. The molecule has 6 heterocycles. The maximum absolute atomic E-state index is 14.6. The van der Waals surface area contributed by atoms with Gasteiger partial charge in [-0.15, -0.1) is 0 Å². The monoisotopic (exact) mass is 1270 g/mol. The number of phenolic OH excluding ortho intramolecular Hbond substituents is 2. The Kier molecular flexibility index (Phi) is 15.4. The van der Waals surface area contributed by atoms with Gasteiger partial charge in [-0.3, -0.25) is 0 Å². The minimum absolute atomic E-state index is 0.000617. The average Bonchev–Trinajstić information content (AvgIpc) is 1.81. The molecule has 11 aromatic rings. The molecule has 11 aromatic carbocycles. The lowest BCUT2D eigenvalue weighted by molar-refractivity contribution is -0.122. The van der Waals surface area contributed by atoms with Crippen LogP contribution in [-0.4, -0.2) is 43.9 Å². The Labute approximate surface area is 521 Å². The molecule has 0 amide bonds.